The van der Waals surface area contributed by atoms with Crippen LogP contribution in [0, 0.1) is 5.92 Å². The van der Waals surface area contributed by atoms with Gasteiger partial charge in [0.2, 0.25) is 5.91 Å². The molecule has 4 nitrogen and oxygen atoms in total. The lowest BCUT2D eigenvalue weighted by Crippen LogP contribution is -2.43. The molecule has 1 N–H and O–H groups in total. The molecule has 3 rings (SSSR count). The topological polar surface area (TPSA) is 46.9 Å². The number of rotatable bonds is 6. The van der Waals surface area contributed by atoms with E-state index in [1.165, 1.54) is 17.5 Å². The Bertz CT molecular complexity index is 464. The van der Waals surface area contributed by atoms with Crippen molar-refractivity contribution in [3.63, 3.8) is 0 Å². The zero-order chi connectivity index (χ0) is 13.4. The molecule has 0 aliphatic heterocycles. The van der Waals surface area contributed by atoms with Gasteiger partial charge in [-0.05, 0) is 43.1 Å². The molecule has 2 aliphatic rings. The fourth-order valence-electron chi connectivity index (χ4n) is 2.31. The first-order chi connectivity index (χ1) is 9.13. The van der Waals surface area contributed by atoms with Gasteiger partial charge >= 0.3 is 0 Å². The van der Waals surface area contributed by atoms with E-state index in [1.807, 2.05) is 6.20 Å². The molecule has 0 saturated heterocycles. The summed E-state index contributed by atoms with van der Waals surface area (Å²) in [5, 5.41) is 6.53. The van der Waals surface area contributed by atoms with Gasteiger partial charge in [0.1, 0.15) is 6.54 Å². The Kier molecular flexibility index (Phi) is 3.24. The lowest BCUT2D eigenvalue weighted by molar-refractivity contribution is -0.124. The first kappa shape index (κ1) is 12.6. The highest BCUT2D eigenvalue weighted by Gasteiger charge is 2.38. The largest absolute Gasteiger partial charge is 0.346 e. The number of amides is 1. The van der Waals surface area contributed by atoms with Gasteiger partial charge in [0.05, 0.1) is 12.2 Å². The molecule has 1 aromatic heterocycles. The molecule has 104 valence electrons. The molecule has 2 aliphatic carbocycles. The van der Waals surface area contributed by atoms with Crippen molar-refractivity contribution in [1.29, 1.82) is 0 Å². The smallest absolute Gasteiger partial charge is 0.258 e. The van der Waals surface area contributed by atoms with E-state index in [0.717, 1.165) is 18.4 Å². The lowest BCUT2D eigenvalue weighted by Gasteiger charge is -2.17. The van der Waals surface area contributed by atoms with Gasteiger partial charge in [-0.25, -0.2) is 8.78 Å². The maximum atomic E-state index is 12.8. The van der Waals surface area contributed by atoms with Crippen LogP contribution in [0.4, 0.5) is 8.78 Å². The van der Waals surface area contributed by atoms with Crippen LogP contribution in [0.1, 0.15) is 37.2 Å². The van der Waals surface area contributed by atoms with Crippen LogP contribution in [-0.4, -0.2) is 28.2 Å². The van der Waals surface area contributed by atoms with E-state index in [0.29, 0.717) is 5.92 Å². The van der Waals surface area contributed by atoms with Crippen molar-refractivity contribution >= 4 is 5.91 Å². The molecule has 2 fully saturated rings. The first-order valence-corrected chi connectivity index (χ1v) is 6.73. The molecule has 1 amide bonds. The number of nitrogens with zero attached hydrogens (tertiary/aromatic N) is 2. The molecule has 6 heteroatoms. The fourth-order valence-corrected chi connectivity index (χ4v) is 2.31. The first-order valence-electron chi connectivity index (χ1n) is 6.73. The van der Waals surface area contributed by atoms with E-state index in [2.05, 4.69) is 10.4 Å². The highest BCUT2D eigenvalue weighted by molar-refractivity contribution is 5.76. The van der Waals surface area contributed by atoms with Crippen LogP contribution >= 0.6 is 0 Å². The van der Waals surface area contributed by atoms with Crippen molar-refractivity contribution in [2.75, 3.05) is 0 Å². The number of carbonyl (C=O) groups excluding carboxylic acids is 1. The molecule has 1 aromatic rings. The standard InChI is InChI=1S/C13H17F2N3O/c14-13(15)12(9-3-4-9)17-11(19)7-18-6-10(5-16-18)8-1-2-8/h5-6,8-9,12-13H,1-4,7H2,(H,17,19). The summed E-state index contributed by atoms with van der Waals surface area (Å²) in [6.45, 7) is 0.0165. The third-order valence-corrected chi connectivity index (χ3v) is 3.74. The van der Waals surface area contributed by atoms with Crippen LogP contribution in [0.25, 0.3) is 0 Å². The molecule has 1 unspecified atom stereocenters. The van der Waals surface area contributed by atoms with E-state index in [1.54, 1.807) is 6.20 Å². The van der Waals surface area contributed by atoms with Crippen LogP contribution in [0.2, 0.25) is 0 Å². The zero-order valence-electron chi connectivity index (χ0n) is 10.6. The zero-order valence-corrected chi connectivity index (χ0v) is 10.6. The molecule has 2 saturated carbocycles. The number of hydrogen-bond donors (Lipinski definition) is 1. The molecular weight excluding hydrogens is 252 g/mol. The quantitative estimate of drug-likeness (QED) is 0.857. The summed E-state index contributed by atoms with van der Waals surface area (Å²) in [4.78, 5) is 11.7. The molecular formula is C13H17F2N3O. The van der Waals surface area contributed by atoms with Gasteiger partial charge in [-0.15, -0.1) is 0 Å². The predicted molar refractivity (Wildman–Crippen MR) is 64.9 cm³/mol. The number of alkyl halides is 2. The second kappa shape index (κ2) is 4.90. The minimum Gasteiger partial charge on any atom is -0.346 e. The Morgan fingerprint density at radius 1 is 1.42 bits per heavy atom. The van der Waals surface area contributed by atoms with Crippen LogP contribution in [0.5, 0.6) is 0 Å². The number of aromatic nitrogens is 2. The molecule has 0 bridgehead atoms. The number of halogens is 2. The molecule has 1 heterocycles. The van der Waals surface area contributed by atoms with E-state index >= 15 is 0 Å². The lowest BCUT2D eigenvalue weighted by atomic mass is 10.2. The summed E-state index contributed by atoms with van der Waals surface area (Å²) in [5.74, 6) is 0.142. The predicted octanol–water partition coefficient (Wildman–Crippen LogP) is 1.92. The van der Waals surface area contributed by atoms with Crippen molar-refractivity contribution in [2.45, 2.75) is 50.6 Å². The van der Waals surface area contributed by atoms with Crippen LogP contribution in [-0.2, 0) is 11.3 Å². The average Bonchev–Trinajstić information content (AvgIpc) is 3.26. The second-order valence-electron chi connectivity index (χ2n) is 5.51. The number of nitrogens with one attached hydrogen (secondary N) is 1. The minimum atomic E-state index is -2.49. The van der Waals surface area contributed by atoms with Crippen molar-refractivity contribution in [2.24, 2.45) is 5.92 Å². The summed E-state index contributed by atoms with van der Waals surface area (Å²) in [6.07, 6.45) is 5.02. The van der Waals surface area contributed by atoms with Crippen LogP contribution in [0.3, 0.4) is 0 Å². The van der Waals surface area contributed by atoms with Crippen molar-refractivity contribution in [3.05, 3.63) is 18.0 Å². The maximum Gasteiger partial charge on any atom is 0.258 e. The second-order valence-corrected chi connectivity index (χ2v) is 5.51. The fraction of sp³-hybridized carbons (Fsp3) is 0.692. The Morgan fingerprint density at radius 3 is 2.74 bits per heavy atom. The summed E-state index contributed by atoms with van der Waals surface area (Å²) in [6, 6.07) is -0.994. The summed E-state index contributed by atoms with van der Waals surface area (Å²) < 4.78 is 27.1. The highest BCUT2D eigenvalue weighted by Crippen LogP contribution is 2.39. The molecule has 1 atom stereocenters. The van der Waals surface area contributed by atoms with Gasteiger partial charge < -0.3 is 5.32 Å². The highest BCUT2D eigenvalue weighted by atomic mass is 19.3. The number of carbonyl (C=O) groups is 1. The van der Waals surface area contributed by atoms with Crippen LogP contribution < -0.4 is 5.32 Å². The normalized spacial score (nSPS) is 20.6. The van der Waals surface area contributed by atoms with Gasteiger partial charge in [-0.3, -0.25) is 9.48 Å². The van der Waals surface area contributed by atoms with Gasteiger partial charge in [-0.1, -0.05) is 0 Å². The molecule has 0 spiro atoms. The maximum absolute atomic E-state index is 12.8. The van der Waals surface area contributed by atoms with Crippen molar-refractivity contribution < 1.29 is 13.6 Å². The van der Waals surface area contributed by atoms with Crippen molar-refractivity contribution in [1.82, 2.24) is 15.1 Å². The van der Waals surface area contributed by atoms with Gasteiger partial charge in [0.15, 0.2) is 0 Å². The average molecular weight is 269 g/mol. The Labute approximate surface area is 110 Å². The molecule has 0 aromatic carbocycles. The minimum absolute atomic E-state index is 0.0165. The number of hydrogen-bond acceptors (Lipinski definition) is 2. The van der Waals surface area contributed by atoms with Crippen molar-refractivity contribution in [3.8, 4) is 0 Å². The van der Waals surface area contributed by atoms with Gasteiger partial charge in [0.25, 0.3) is 6.43 Å². The SMILES string of the molecule is O=C(Cn1cc(C2CC2)cn1)NC(C(F)F)C1CC1. The van der Waals surface area contributed by atoms with Crippen LogP contribution in [0.15, 0.2) is 12.4 Å². The van der Waals surface area contributed by atoms with Gasteiger partial charge in [-0.2, -0.15) is 5.10 Å². The summed E-state index contributed by atoms with van der Waals surface area (Å²) in [5.41, 5.74) is 1.14. The Hall–Kier alpha value is -1.46. The third kappa shape index (κ3) is 3.11. The van der Waals surface area contributed by atoms with E-state index in [4.69, 9.17) is 0 Å². The molecule has 19 heavy (non-hydrogen) atoms. The Morgan fingerprint density at radius 2 is 2.16 bits per heavy atom. The molecule has 0 radical (unpaired) electrons. The monoisotopic (exact) mass is 269 g/mol. The summed E-state index contributed by atoms with van der Waals surface area (Å²) >= 11 is 0. The van der Waals surface area contributed by atoms with E-state index in [9.17, 15) is 13.6 Å². The Balaban J connectivity index is 1.54. The summed E-state index contributed by atoms with van der Waals surface area (Å²) in [7, 11) is 0. The van der Waals surface area contributed by atoms with Gasteiger partial charge in [0, 0.05) is 6.20 Å². The third-order valence-electron chi connectivity index (χ3n) is 3.74. The van der Waals surface area contributed by atoms with E-state index in [-0.39, 0.29) is 18.4 Å². The van der Waals surface area contributed by atoms with E-state index < -0.39 is 12.5 Å².